The Balaban J connectivity index is 1.13. The number of allylic oxidation sites excluding steroid dienone is 2. The summed E-state index contributed by atoms with van der Waals surface area (Å²) in [6, 6.07) is 19.7. The Hall–Kier alpha value is -4.73. The number of amides is 1. The zero-order valence-electron chi connectivity index (χ0n) is 33.1. The lowest BCUT2D eigenvalue weighted by Crippen LogP contribution is -2.45. The number of methoxy groups -OCH3 is 1. The number of fused-ring (bicyclic) bond motifs is 3. The number of Topliss-reactive ketones (excluding diaryl/α,β-unsaturated/α-hetero) is 1. The molecule has 58 heavy (non-hydrogen) atoms. The fourth-order valence-electron chi connectivity index (χ4n) is 9.34. The highest BCUT2D eigenvalue weighted by Gasteiger charge is 2.65. The third-order valence-electron chi connectivity index (χ3n) is 12.6. The highest BCUT2D eigenvalue weighted by atomic mass is 31.2. The Bertz CT molecular complexity index is 2180. The molecule has 11 nitrogen and oxygen atoms in total. The molecule has 2 aromatic carbocycles. The van der Waals surface area contributed by atoms with Crippen LogP contribution in [0.4, 0.5) is 0 Å². The molecule has 12 heteroatoms. The summed E-state index contributed by atoms with van der Waals surface area (Å²) in [5, 5.41) is -0.419. The third-order valence-corrected chi connectivity index (χ3v) is 15.4. The second-order valence-electron chi connectivity index (χ2n) is 16.6. The maximum absolute atomic E-state index is 14.8. The lowest BCUT2D eigenvalue weighted by molar-refractivity contribution is -0.154. The van der Waals surface area contributed by atoms with E-state index in [2.05, 4.69) is 6.08 Å². The van der Waals surface area contributed by atoms with Crippen LogP contribution in [-0.4, -0.2) is 69.5 Å². The van der Waals surface area contributed by atoms with Gasteiger partial charge in [0.25, 0.3) is 0 Å². The largest absolute Gasteiger partial charge is 0.497 e. The molecule has 2 unspecified atom stereocenters. The Kier molecular flexibility index (Phi) is 11.9. The maximum Gasteiger partial charge on any atom is 0.306 e. The van der Waals surface area contributed by atoms with Gasteiger partial charge in [0.15, 0.2) is 5.78 Å². The van der Waals surface area contributed by atoms with Gasteiger partial charge in [-0.1, -0.05) is 55.3 Å². The van der Waals surface area contributed by atoms with E-state index in [9.17, 15) is 23.8 Å². The number of hydrogen-bond acceptors (Lipinski definition) is 9. The maximum atomic E-state index is 14.8. The minimum absolute atomic E-state index is 0.0591. The third kappa shape index (κ3) is 8.67. The number of carbonyl (C=O) groups is 3. The molecule has 1 amide bonds. The summed E-state index contributed by atoms with van der Waals surface area (Å²) in [6.07, 6.45) is 12.5. The molecule has 1 N–H and O–H groups in total. The zero-order chi connectivity index (χ0) is 40.3. The second-order valence-corrected chi connectivity index (χ2v) is 19.2. The van der Waals surface area contributed by atoms with Gasteiger partial charge in [-0.05, 0) is 81.5 Å². The van der Waals surface area contributed by atoms with Crippen molar-refractivity contribution in [3.8, 4) is 22.8 Å². The van der Waals surface area contributed by atoms with Gasteiger partial charge in [0, 0.05) is 41.8 Å². The summed E-state index contributed by atoms with van der Waals surface area (Å²) < 4.78 is 38.1. The van der Waals surface area contributed by atoms with E-state index in [0.717, 1.165) is 62.3 Å². The number of ketones is 1. The normalized spacial score (nSPS) is 27.2. The van der Waals surface area contributed by atoms with Crippen molar-refractivity contribution in [3.05, 3.63) is 90.9 Å². The van der Waals surface area contributed by atoms with Crippen molar-refractivity contribution in [1.82, 2.24) is 9.88 Å². The van der Waals surface area contributed by atoms with Crippen molar-refractivity contribution < 1.29 is 42.5 Å². The van der Waals surface area contributed by atoms with Crippen LogP contribution in [0, 0.1) is 11.8 Å². The van der Waals surface area contributed by atoms with E-state index < -0.39 is 30.6 Å². The molecule has 2 aliphatic heterocycles. The zero-order valence-corrected chi connectivity index (χ0v) is 34.0. The summed E-state index contributed by atoms with van der Waals surface area (Å²) in [7, 11) is -2.38. The molecule has 0 bridgehead atoms. The van der Waals surface area contributed by atoms with Gasteiger partial charge in [0.2, 0.25) is 13.3 Å². The molecule has 4 aliphatic rings. The molecule has 0 radical (unpaired) electrons. The van der Waals surface area contributed by atoms with E-state index in [4.69, 9.17) is 23.6 Å². The van der Waals surface area contributed by atoms with Crippen LogP contribution >= 0.6 is 7.37 Å². The monoisotopic (exact) mass is 808 g/mol. The number of benzene rings is 2. The van der Waals surface area contributed by atoms with Crippen LogP contribution in [0.25, 0.3) is 22.2 Å². The van der Waals surface area contributed by atoms with Crippen LogP contribution in [0.5, 0.6) is 11.5 Å². The Morgan fingerprint density at radius 1 is 0.983 bits per heavy atom. The number of nitrogens with zero attached hydrogens (tertiary/aromatic N) is 2. The van der Waals surface area contributed by atoms with Crippen molar-refractivity contribution >= 4 is 35.9 Å². The molecule has 6 atom stereocenters. The SMILES string of the molecule is COc1ccc2c(O[C@@H]3C[C@H]4C(=O)C[C@]5(P(=O)(O)Cc6ccco6)C[C@@H]5/C=C\CCCCCC(CC(=O)OC5CCCC5)C(=O)N4C3)cc(-c3ccccc3)nc2c1. The summed E-state index contributed by atoms with van der Waals surface area (Å²) in [4.78, 5) is 61.3. The van der Waals surface area contributed by atoms with E-state index in [0.29, 0.717) is 41.3 Å². The van der Waals surface area contributed by atoms with E-state index in [1.807, 2.05) is 60.7 Å². The molecule has 8 rings (SSSR count). The van der Waals surface area contributed by atoms with E-state index in [1.165, 1.54) is 6.26 Å². The molecule has 1 saturated heterocycles. The molecular weight excluding hydrogens is 755 g/mol. The second kappa shape index (κ2) is 17.2. The van der Waals surface area contributed by atoms with Crippen LogP contribution in [0.2, 0.25) is 0 Å². The summed E-state index contributed by atoms with van der Waals surface area (Å²) in [5.74, 6) is -0.266. The van der Waals surface area contributed by atoms with Crippen molar-refractivity contribution in [2.24, 2.45) is 11.8 Å². The van der Waals surface area contributed by atoms with Gasteiger partial charge in [0.05, 0.1) is 54.9 Å². The van der Waals surface area contributed by atoms with Crippen molar-refractivity contribution in [2.45, 2.75) is 113 Å². The number of rotatable bonds is 10. The average Bonchev–Trinajstić information content (AvgIpc) is 3.68. The smallest absolute Gasteiger partial charge is 0.306 e. The molecule has 2 aliphatic carbocycles. The number of aromatic nitrogens is 1. The van der Waals surface area contributed by atoms with Crippen LogP contribution in [0.1, 0.15) is 89.2 Å². The van der Waals surface area contributed by atoms with Gasteiger partial charge >= 0.3 is 5.97 Å². The summed E-state index contributed by atoms with van der Waals surface area (Å²) in [6.45, 7) is 0.115. The molecule has 0 spiro atoms. The lowest BCUT2D eigenvalue weighted by Gasteiger charge is -2.30. The number of carbonyl (C=O) groups excluding carboxylic acids is 3. The van der Waals surface area contributed by atoms with Gasteiger partial charge in [-0.25, -0.2) is 4.98 Å². The van der Waals surface area contributed by atoms with Gasteiger partial charge in [0.1, 0.15) is 29.5 Å². The quantitative estimate of drug-likeness (QED) is 0.0936. The van der Waals surface area contributed by atoms with Gasteiger partial charge in [-0.2, -0.15) is 0 Å². The van der Waals surface area contributed by atoms with Crippen LogP contribution in [-0.2, 0) is 29.8 Å². The van der Waals surface area contributed by atoms with Gasteiger partial charge in [-0.3, -0.25) is 18.9 Å². The Labute approximate surface area is 339 Å². The first kappa shape index (κ1) is 40.1. The molecule has 2 saturated carbocycles. The fraction of sp³-hybridized carbons (Fsp3) is 0.478. The topological polar surface area (TPSA) is 145 Å². The first-order valence-electron chi connectivity index (χ1n) is 20.9. The van der Waals surface area contributed by atoms with Gasteiger partial charge in [-0.15, -0.1) is 0 Å². The highest BCUT2D eigenvalue weighted by molar-refractivity contribution is 7.59. The summed E-state index contributed by atoms with van der Waals surface area (Å²) in [5.41, 5.74) is 2.26. The first-order chi connectivity index (χ1) is 28.1. The van der Waals surface area contributed by atoms with E-state index >= 15 is 0 Å². The minimum Gasteiger partial charge on any atom is -0.497 e. The van der Waals surface area contributed by atoms with E-state index in [1.54, 1.807) is 24.1 Å². The number of ether oxygens (including phenoxy) is 3. The van der Waals surface area contributed by atoms with Crippen molar-refractivity contribution in [1.29, 1.82) is 0 Å². The minimum atomic E-state index is -3.98. The fourth-order valence-corrected chi connectivity index (χ4v) is 11.7. The number of hydrogen-bond donors (Lipinski definition) is 1. The number of furan rings is 1. The van der Waals surface area contributed by atoms with E-state index in [-0.39, 0.29) is 61.7 Å². The molecule has 3 fully saturated rings. The van der Waals surface area contributed by atoms with Gasteiger partial charge < -0.3 is 28.4 Å². The molecule has 4 heterocycles. The van der Waals surface area contributed by atoms with Crippen LogP contribution < -0.4 is 9.47 Å². The molecule has 306 valence electrons. The number of esters is 1. The standard InChI is InChI=1S/C46H53N2O9P/c1-54-35-20-21-38-40(24-35)47-39(31-13-7-5-8-14-31)26-43(38)56-37-25-41-42(49)28-46(58(52,53)30-36-19-12-22-55-36)27-33(46)16-9-4-2-3-6-15-32(45(51)48(41)29-37)23-44(50)57-34-17-10-11-18-34/h5,7-9,12-14,16,19-22,24,26,32-34,37,41H,2-4,6,10-11,15,17-18,23,25,27-30H2,1H3,(H,52,53)/b16-9-/t32?,33-,37+,41-,46+/m0/s1. The molecule has 2 aromatic heterocycles. The Morgan fingerprint density at radius 3 is 2.57 bits per heavy atom. The average molecular weight is 809 g/mol. The molecule has 4 aromatic rings. The molecular formula is C46H53N2O9P. The van der Waals surface area contributed by atoms with Crippen LogP contribution in [0.15, 0.2) is 89.6 Å². The number of pyridine rings is 1. The highest BCUT2D eigenvalue weighted by Crippen LogP contribution is 2.74. The predicted molar refractivity (Wildman–Crippen MR) is 220 cm³/mol. The van der Waals surface area contributed by atoms with Crippen molar-refractivity contribution in [2.75, 3.05) is 13.7 Å². The Morgan fingerprint density at radius 2 is 1.79 bits per heavy atom. The first-order valence-corrected chi connectivity index (χ1v) is 22.7. The predicted octanol–water partition coefficient (Wildman–Crippen LogP) is 9.05. The lowest BCUT2D eigenvalue weighted by atomic mass is 9.94. The van der Waals surface area contributed by atoms with Crippen molar-refractivity contribution in [3.63, 3.8) is 0 Å². The van der Waals surface area contributed by atoms with Crippen LogP contribution in [0.3, 0.4) is 0 Å². The summed E-state index contributed by atoms with van der Waals surface area (Å²) >= 11 is 0.